The van der Waals surface area contributed by atoms with Gasteiger partial charge in [0.1, 0.15) is 0 Å². The van der Waals surface area contributed by atoms with Crippen LogP contribution in [0.3, 0.4) is 0 Å². The van der Waals surface area contributed by atoms with Crippen molar-refractivity contribution in [2.45, 2.75) is 12.6 Å². The minimum Gasteiger partial charge on any atom is -0.352 e. The highest BCUT2D eigenvalue weighted by Crippen LogP contribution is 2.31. The smallest absolute Gasteiger partial charge is 0.352 e. The number of thiophene rings is 1. The lowest BCUT2D eigenvalue weighted by Crippen LogP contribution is -2.27. The largest absolute Gasteiger partial charge is 0.417 e. The molecule has 1 heterocycles. The summed E-state index contributed by atoms with van der Waals surface area (Å²) in [7, 11) is 0. The molecule has 6 heteroatoms. The van der Waals surface area contributed by atoms with E-state index in [0.717, 1.165) is 10.9 Å². The van der Waals surface area contributed by atoms with E-state index in [1.807, 2.05) is 17.5 Å². The van der Waals surface area contributed by atoms with Crippen LogP contribution in [0.2, 0.25) is 0 Å². The fourth-order valence-electron chi connectivity index (χ4n) is 1.78. The SMILES string of the molecule is O=C(NCCc1cccs1)c1ccccc1C(F)(F)F. The summed E-state index contributed by atoms with van der Waals surface area (Å²) in [5.41, 5.74) is -1.25. The number of hydrogen-bond donors (Lipinski definition) is 1. The molecule has 0 atom stereocenters. The lowest BCUT2D eigenvalue weighted by molar-refractivity contribution is -0.137. The van der Waals surface area contributed by atoms with Gasteiger partial charge in [-0.1, -0.05) is 18.2 Å². The van der Waals surface area contributed by atoms with Gasteiger partial charge in [-0.25, -0.2) is 0 Å². The lowest BCUT2D eigenvalue weighted by Gasteiger charge is -2.12. The van der Waals surface area contributed by atoms with Crippen LogP contribution in [-0.4, -0.2) is 12.5 Å². The van der Waals surface area contributed by atoms with Crippen LogP contribution in [0.15, 0.2) is 41.8 Å². The summed E-state index contributed by atoms with van der Waals surface area (Å²) >= 11 is 1.55. The summed E-state index contributed by atoms with van der Waals surface area (Å²) in [6.07, 6.45) is -3.92. The van der Waals surface area contributed by atoms with Crippen molar-refractivity contribution in [1.82, 2.24) is 5.32 Å². The molecule has 2 rings (SSSR count). The molecule has 1 aromatic heterocycles. The molecule has 0 radical (unpaired) electrons. The Balaban J connectivity index is 2.02. The van der Waals surface area contributed by atoms with E-state index in [0.29, 0.717) is 13.0 Å². The van der Waals surface area contributed by atoms with Crippen molar-refractivity contribution in [3.63, 3.8) is 0 Å². The number of carbonyl (C=O) groups excluding carboxylic acids is 1. The molecule has 1 N–H and O–H groups in total. The summed E-state index contributed by atoms with van der Waals surface area (Å²) in [6.45, 7) is 0.311. The second-order valence-corrected chi connectivity index (χ2v) is 5.16. The fraction of sp³-hybridized carbons (Fsp3) is 0.214. The van der Waals surface area contributed by atoms with Crippen LogP contribution in [0.4, 0.5) is 13.2 Å². The molecule has 0 bridgehead atoms. The average molecular weight is 299 g/mol. The molecule has 106 valence electrons. The van der Waals surface area contributed by atoms with Crippen molar-refractivity contribution in [3.8, 4) is 0 Å². The summed E-state index contributed by atoms with van der Waals surface area (Å²) < 4.78 is 38.3. The van der Waals surface area contributed by atoms with Crippen molar-refractivity contribution < 1.29 is 18.0 Å². The van der Waals surface area contributed by atoms with Crippen molar-refractivity contribution in [2.24, 2.45) is 0 Å². The molecule has 0 unspecified atom stereocenters. The van der Waals surface area contributed by atoms with Gasteiger partial charge in [0.25, 0.3) is 5.91 Å². The van der Waals surface area contributed by atoms with E-state index in [1.165, 1.54) is 18.2 Å². The number of hydrogen-bond acceptors (Lipinski definition) is 2. The Morgan fingerprint density at radius 1 is 1.15 bits per heavy atom. The normalized spacial score (nSPS) is 11.3. The maximum atomic E-state index is 12.8. The van der Waals surface area contributed by atoms with Gasteiger partial charge in [-0.05, 0) is 30.0 Å². The maximum absolute atomic E-state index is 12.8. The highest BCUT2D eigenvalue weighted by atomic mass is 32.1. The molecule has 0 spiro atoms. The molecule has 0 aliphatic rings. The predicted molar refractivity (Wildman–Crippen MR) is 71.8 cm³/mol. The van der Waals surface area contributed by atoms with E-state index >= 15 is 0 Å². The molecule has 20 heavy (non-hydrogen) atoms. The summed E-state index contributed by atoms with van der Waals surface area (Å²) in [5.74, 6) is -0.700. The molecule has 0 aliphatic carbocycles. The number of halogens is 3. The second kappa shape index (κ2) is 6.09. The highest BCUT2D eigenvalue weighted by molar-refractivity contribution is 7.09. The van der Waals surface area contributed by atoms with Gasteiger partial charge in [0.15, 0.2) is 0 Å². The van der Waals surface area contributed by atoms with Crippen molar-refractivity contribution in [1.29, 1.82) is 0 Å². The molecule has 0 aliphatic heterocycles. The number of alkyl halides is 3. The Morgan fingerprint density at radius 2 is 1.90 bits per heavy atom. The second-order valence-electron chi connectivity index (χ2n) is 4.13. The zero-order valence-corrected chi connectivity index (χ0v) is 11.2. The molecule has 0 fully saturated rings. The summed E-state index contributed by atoms with van der Waals surface area (Å²) in [6, 6.07) is 8.59. The molecule has 0 saturated carbocycles. The van der Waals surface area contributed by atoms with Crippen LogP contribution < -0.4 is 5.32 Å². The van der Waals surface area contributed by atoms with E-state index in [-0.39, 0.29) is 5.56 Å². The van der Waals surface area contributed by atoms with Crippen molar-refractivity contribution in [3.05, 3.63) is 57.8 Å². The Labute approximate surface area is 118 Å². The summed E-state index contributed by atoms with van der Waals surface area (Å²) in [4.78, 5) is 12.9. The summed E-state index contributed by atoms with van der Waals surface area (Å²) in [5, 5.41) is 4.43. The van der Waals surface area contributed by atoms with E-state index in [4.69, 9.17) is 0 Å². The highest BCUT2D eigenvalue weighted by Gasteiger charge is 2.34. The van der Waals surface area contributed by atoms with E-state index in [9.17, 15) is 18.0 Å². The average Bonchev–Trinajstić information content (AvgIpc) is 2.91. The Morgan fingerprint density at radius 3 is 2.55 bits per heavy atom. The molecular formula is C14H12F3NOS. The number of carbonyl (C=O) groups is 1. The quantitative estimate of drug-likeness (QED) is 0.915. The molecule has 1 amide bonds. The van der Waals surface area contributed by atoms with Crippen molar-refractivity contribution in [2.75, 3.05) is 6.54 Å². The van der Waals surface area contributed by atoms with Crippen LogP contribution in [0.25, 0.3) is 0 Å². The first kappa shape index (κ1) is 14.6. The topological polar surface area (TPSA) is 29.1 Å². The lowest BCUT2D eigenvalue weighted by atomic mass is 10.1. The van der Waals surface area contributed by atoms with Gasteiger partial charge < -0.3 is 5.32 Å². The van der Waals surface area contributed by atoms with Crippen LogP contribution >= 0.6 is 11.3 Å². The standard InChI is InChI=1S/C14H12F3NOS/c15-14(16,17)12-6-2-1-5-11(12)13(19)18-8-7-10-4-3-9-20-10/h1-6,9H,7-8H2,(H,18,19). The van der Waals surface area contributed by atoms with E-state index in [1.54, 1.807) is 11.3 Å². The zero-order chi connectivity index (χ0) is 14.6. The zero-order valence-electron chi connectivity index (χ0n) is 10.4. The fourth-order valence-corrected chi connectivity index (χ4v) is 2.49. The first-order valence-electron chi connectivity index (χ1n) is 5.95. The first-order valence-corrected chi connectivity index (χ1v) is 6.83. The molecule has 0 saturated heterocycles. The Hall–Kier alpha value is -1.82. The number of benzene rings is 1. The molecule has 2 aromatic rings. The molecule has 1 aromatic carbocycles. The van der Waals surface area contributed by atoms with Crippen LogP contribution in [-0.2, 0) is 12.6 Å². The van der Waals surface area contributed by atoms with Crippen LogP contribution in [0, 0.1) is 0 Å². The van der Waals surface area contributed by atoms with Gasteiger partial charge in [-0.15, -0.1) is 11.3 Å². The molecular weight excluding hydrogens is 287 g/mol. The van der Waals surface area contributed by atoms with Gasteiger partial charge >= 0.3 is 6.18 Å². The molecule has 2 nitrogen and oxygen atoms in total. The van der Waals surface area contributed by atoms with Gasteiger partial charge in [0.05, 0.1) is 11.1 Å². The van der Waals surface area contributed by atoms with Crippen LogP contribution in [0.1, 0.15) is 20.8 Å². The predicted octanol–water partition coefficient (Wildman–Crippen LogP) is 3.74. The third-order valence-corrected chi connectivity index (χ3v) is 3.65. The first-order chi connectivity index (χ1) is 9.48. The minimum absolute atomic E-state index is 0.311. The van der Waals surface area contributed by atoms with Gasteiger partial charge in [0, 0.05) is 11.4 Å². The third-order valence-electron chi connectivity index (χ3n) is 2.71. The Bertz CT molecular complexity index is 578. The van der Waals surface area contributed by atoms with Gasteiger partial charge in [-0.2, -0.15) is 13.2 Å². The Kier molecular flexibility index (Phi) is 4.44. The van der Waals surface area contributed by atoms with Crippen molar-refractivity contribution >= 4 is 17.2 Å². The maximum Gasteiger partial charge on any atom is 0.417 e. The number of nitrogens with one attached hydrogen (secondary N) is 1. The number of amides is 1. The van der Waals surface area contributed by atoms with Gasteiger partial charge in [-0.3, -0.25) is 4.79 Å². The number of rotatable bonds is 4. The third kappa shape index (κ3) is 3.60. The monoisotopic (exact) mass is 299 g/mol. The van der Waals surface area contributed by atoms with E-state index in [2.05, 4.69) is 5.32 Å². The minimum atomic E-state index is -4.53. The van der Waals surface area contributed by atoms with E-state index < -0.39 is 17.6 Å². The van der Waals surface area contributed by atoms with Crippen LogP contribution in [0.5, 0.6) is 0 Å². The van der Waals surface area contributed by atoms with Gasteiger partial charge in [0.2, 0.25) is 0 Å².